The Morgan fingerprint density at radius 1 is 0.731 bits per heavy atom. The highest BCUT2D eigenvalue weighted by atomic mass is 19.1. The van der Waals surface area contributed by atoms with Crippen LogP contribution in [0.25, 0.3) is 10.9 Å². The van der Waals surface area contributed by atoms with Gasteiger partial charge in [0.1, 0.15) is 17.3 Å². The van der Waals surface area contributed by atoms with E-state index >= 15 is 0 Å². The molecule has 0 atom stereocenters. The van der Waals surface area contributed by atoms with Gasteiger partial charge >= 0.3 is 0 Å². The van der Waals surface area contributed by atoms with Crippen molar-refractivity contribution < 1.29 is 9.13 Å². The summed E-state index contributed by atoms with van der Waals surface area (Å²) in [5, 5.41) is 1.16. The minimum Gasteiger partial charge on any atom is -0.457 e. The van der Waals surface area contributed by atoms with Crippen LogP contribution in [-0.2, 0) is 12.8 Å². The predicted octanol–water partition coefficient (Wildman–Crippen LogP) is 5.95. The molecule has 0 bridgehead atoms. The van der Waals surface area contributed by atoms with Crippen LogP contribution >= 0.6 is 0 Å². The first-order chi connectivity index (χ1) is 12.8. The third-order valence-corrected chi connectivity index (χ3v) is 4.27. The maximum Gasteiger partial charge on any atom is 0.127 e. The molecule has 0 fully saturated rings. The van der Waals surface area contributed by atoms with Gasteiger partial charge in [0.2, 0.25) is 0 Å². The highest BCUT2D eigenvalue weighted by Gasteiger charge is 2.03. The molecule has 3 aromatic carbocycles. The van der Waals surface area contributed by atoms with Crippen molar-refractivity contribution in [3.8, 4) is 11.5 Å². The predicted molar refractivity (Wildman–Crippen MR) is 102 cm³/mol. The number of aryl methyl sites for hydroxylation is 2. The topological polar surface area (TPSA) is 22.1 Å². The number of rotatable bonds is 5. The molecule has 0 saturated heterocycles. The number of fused-ring (bicyclic) bond motifs is 1. The Morgan fingerprint density at radius 2 is 1.58 bits per heavy atom. The fourth-order valence-electron chi connectivity index (χ4n) is 2.92. The van der Waals surface area contributed by atoms with Crippen molar-refractivity contribution in [2.45, 2.75) is 12.8 Å². The molecular weight excluding hydrogens is 325 g/mol. The molecule has 4 rings (SSSR count). The van der Waals surface area contributed by atoms with Crippen LogP contribution in [0.4, 0.5) is 4.39 Å². The number of nitrogens with zero attached hydrogens (tertiary/aromatic N) is 1. The van der Waals surface area contributed by atoms with E-state index < -0.39 is 0 Å². The van der Waals surface area contributed by atoms with Gasteiger partial charge in [-0.15, -0.1) is 0 Å². The van der Waals surface area contributed by atoms with E-state index in [2.05, 4.69) is 24.3 Å². The number of pyridine rings is 1. The molecule has 0 unspecified atom stereocenters. The fraction of sp³-hybridized carbons (Fsp3) is 0.0870. The lowest BCUT2D eigenvalue weighted by molar-refractivity contribution is 0.480. The lowest BCUT2D eigenvalue weighted by Gasteiger charge is -2.08. The van der Waals surface area contributed by atoms with Crippen LogP contribution in [0.2, 0.25) is 0 Å². The van der Waals surface area contributed by atoms with Crippen LogP contribution in [0.3, 0.4) is 0 Å². The first kappa shape index (κ1) is 16.3. The Morgan fingerprint density at radius 3 is 2.46 bits per heavy atom. The van der Waals surface area contributed by atoms with Gasteiger partial charge in [0.05, 0.1) is 5.52 Å². The quantitative estimate of drug-likeness (QED) is 0.446. The van der Waals surface area contributed by atoms with E-state index in [4.69, 9.17) is 9.72 Å². The van der Waals surface area contributed by atoms with Crippen molar-refractivity contribution in [3.63, 3.8) is 0 Å². The van der Waals surface area contributed by atoms with Crippen molar-refractivity contribution in [3.05, 3.63) is 102 Å². The summed E-state index contributed by atoms with van der Waals surface area (Å²) in [4.78, 5) is 4.72. The molecule has 4 aromatic rings. The molecule has 0 spiro atoms. The van der Waals surface area contributed by atoms with E-state index in [-0.39, 0.29) is 5.82 Å². The zero-order valence-corrected chi connectivity index (χ0v) is 14.2. The van der Waals surface area contributed by atoms with Crippen LogP contribution in [0.1, 0.15) is 11.3 Å². The number of hydrogen-bond donors (Lipinski definition) is 0. The molecule has 0 aliphatic carbocycles. The number of halogens is 1. The first-order valence-electron chi connectivity index (χ1n) is 8.63. The fourth-order valence-corrected chi connectivity index (χ4v) is 2.92. The number of aromatic nitrogens is 1. The van der Waals surface area contributed by atoms with Crippen molar-refractivity contribution in [2.24, 2.45) is 0 Å². The summed E-state index contributed by atoms with van der Waals surface area (Å²) >= 11 is 0. The first-order valence-corrected chi connectivity index (χ1v) is 8.63. The number of hydrogen-bond acceptors (Lipinski definition) is 2. The van der Waals surface area contributed by atoms with Gasteiger partial charge in [-0.25, -0.2) is 4.39 Å². The Labute approximate surface area is 151 Å². The molecule has 128 valence electrons. The average Bonchev–Trinajstić information content (AvgIpc) is 2.68. The lowest BCUT2D eigenvalue weighted by atomic mass is 10.1. The zero-order valence-electron chi connectivity index (χ0n) is 14.2. The summed E-state index contributed by atoms with van der Waals surface area (Å²) < 4.78 is 18.8. The monoisotopic (exact) mass is 343 g/mol. The van der Waals surface area contributed by atoms with Crippen molar-refractivity contribution in [1.82, 2.24) is 4.98 Å². The second-order valence-electron chi connectivity index (χ2n) is 6.20. The van der Waals surface area contributed by atoms with Crippen LogP contribution in [0.5, 0.6) is 11.5 Å². The number of benzene rings is 3. The van der Waals surface area contributed by atoms with Gasteiger partial charge in [-0.2, -0.15) is 0 Å². The molecule has 0 N–H and O–H groups in total. The zero-order chi connectivity index (χ0) is 17.8. The molecule has 26 heavy (non-hydrogen) atoms. The van der Waals surface area contributed by atoms with E-state index in [0.29, 0.717) is 5.75 Å². The number of para-hydroxylation sites is 1. The molecule has 0 radical (unpaired) electrons. The third-order valence-electron chi connectivity index (χ3n) is 4.27. The van der Waals surface area contributed by atoms with Crippen LogP contribution < -0.4 is 4.74 Å². The van der Waals surface area contributed by atoms with Crippen LogP contribution in [0, 0.1) is 5.82 Å². The van der Waals surface area contributed by atoms with Gasteiger partial charge < -0.3 is 4.74 Å². The van der Waals surface area contributed by atoms with Gasteiger partial charge in [0, 0.05) is 11.1 Å². The average molecular weight is 343 g/mol. The Bertz CT molecular complexity index is 1030. The van der Waals surface area contributed by atoms with Gasteiger partial charge in [-0.1, -0.05) is 36.4 Å². The molecule has 2 nitrogen and oxygen atoms in total. The Hall–Kier alpha value is -3.20. The van der Waals surface area contributed by atoms with E-state index in [9.17, 15) is 4.39 Å². The maximum absolute atomic E-state index is 13.0. The summed E-state index contributed by atoms with van der Waals surface area (Å²) in [5.41, 5.74) is 3.28. The number of ether oxygens (including phenoxy) is 1. The molecule has 3 heteroatoms. The maximum atomic E-state index is 13.0. The second-order valence-corrected chi connectivity index (χ2v) is 6.20. The Kier molecular flexibility index (Phi) is 4.61. The molecular formula is C23H18FNO. The summed E-state index contributed by atoms with van der Waals surface area (Å²) in [6.45, 7) is 0. The van der Waals surface area contributed by atoms with Crippen molar-refractivity contribution in [2.75, 3.05) is 0 Å². The summed E-state index contributed by atoms with van der Waals surface area (Å²) in [6.07, 6.45) is 1.75. The second kappa shape index (κ2) is 7.36. The minimum atomic E-state index is -0.269. The highest BCUT2D eigenvalue weighted by Crippen LogP contribution is 2.23. The minimum absolute atomic E-state index is 0.269. The standard InChI is InChI=1S/C23H18FNO/c24-19-10-14-21(15-11-19)26-22-6-3-4-17(16-22)8-12-20-13-9-18-5-1-2-7-23(18)25-20/h1-7,9-11,13-16H,8,12H2. The van der Waals surface area contributed by atoms with E-state index in [1.165, 1.54) is 17.7 Å². The van der Waals surface area contributed by atoms with Gasteiger partial charge in [0.15, 0.2) is 0 Å². The normalized spacial score (nSPS) is 10.8. The van der Waals surface area contributed by atoms with Gasteiger partial charge in [-0.05, 0) is 66.9 Å². The van der Waals surface area contributed by atoms with E-state index in [1.807, 2.05) is 36.4 Å². The SMILES string of the molecule is Fc1ccc(Oc2cccc(CCc3ccc4ccccc4n3)c2)cc1. The molecule has 1 aromatic heterocycles. The van der Waals surface area contributed by atoms with Crippen molar-refractivity contribution in [1.29, 1.82) is 0 Å². The van der Waals surface area contributed by atoms with E-state index in [1.54, 1.807) is 12.1 Å². The molecule has 0 amide bonds. The molecule has 1 heterocycles. The largest absolute Gasteiger partial charge is 0.457 e. The smallest absolute Gasteiger partial charge is 0.127 e. The summed E-state index contributed by atoms with van der Waals surface area (Å²) in [5.74, 6) is 1.11. The summed E-state index contributed by atoms with van der Waals surface area (Å²) in [6, 6.07) is 26.4. The van der Waals surface area contributed by atoms with Gasteiger partial charge in [-0.3, -0.25) is 4.98 Å². The van der Waals surface area contributed by atoms with Crippen LogP contribution in [0.15, 0.2) is 84.9 Å². The molecule has 0 saturated carbocycles. The highest BCUT2D eigenvalue weighted by molar-refractivity contribution is 5.78. The Balaban J connectivity index is 1.45. The van der Waals surface area contributed by atoms with Gasteiger partial charge in [0.25, 0.3) is 0 Å². The van der Waals surface area contributed by atoms with E-state index in [0.717, 1.165) is 35.2 Å². The third kappa shape index (κ3) is 3.89. The lowest BCUT2D eigenvalue weighted by Crippen LogP contribution is -1.95. The molecule has 0 aliphatic rings. The van der Waals surface area contributed by atoms with Crippen molar-refractivity contribution >= 4 is 10.9 Å². The summed E-state index contributed by atoms with van der Waals surface area (Å²) in [7, 11) is 0. The van der Waals surface area contributed by atoms with Crippen LogP contribution in [-0.4, -0.2) is 4.98 Å². The molecule has 0 aliphatic heterocycles.